The largest absolute Gasteiger partial charge is 0.373 e. The highest BCUT2D eigenvalue weighted by Gasteiger charge is 2.40. The summed E-state index contributed by atoms with van der Waals surface area (Å²) >= 11 is 0. The molecule has 7 heteroatoms. The zero-order chi connectivity index (χ0) is 18.0. The minimum Gasteiger partial charge on any atom is -0.373 e. The monoisotopic (exact) mass is 373 g/mol. The third-order valence-corrected chi connectivity index (χ3v) is 8.14. The molecule has 0 aromatic heterocycles. The van der Waals surface area contributed by atoms with Crippen LogP contribution in [0.15, 0.2) is 0 Å². The summed E-state index contributed by atoms with van der Waals surface area (Å²) < 4.78 is 35.7. The van der Waals surface area contributed by atoms with E-state index in [1.54, 1.807) is 15.7 Å². The second kappa shape index (κ2) is 8.21. The predicted molar refractivity (Wildman–Crippen MR) is 99.7 cm³/mol. The number of ether oxygens (including phenoxy) is 1. The van der Waals surface area contributed by atoms with Crippen molar-refractivity contribution < 1.29 is 13.2 Å². The Bertz CT molecular complexity index is 526. The molecule has 6 nitrogen and oxygen atoms in total. The highest BCUT2D eigenvalue weighted by molar-refractivity contribution is 7.86. The van der Waals surface area contributed by atoms with E-state index in [4.69, 9.17) is 4.74 Å². The van der Waals surface area contributed by atoms with Crippen LogP contribution in [0.2, 0.25) is 0 Å². The fraction of sp³-hybridized carbons (Fsp3) is 1.00. The molecule has 0 radical (unpaired) electrons. The van der Waals surface area contributed by atoms with Gasteiger partial charge in [0.15, 0.2) is 0 Å². The van der Waals surface area contributed by atoms with Crippen LogP contribution in [0.3, 0.4) is 0 Å². The van der Waals surface area contributed by atoms with Gasteiger partial charge in [-0.1, -0.05) is 19.3 Å². The number of rotatable bonds is 5. The van der Waals surface area contributed by atoms with Gasteiger partial charge < -0.3 is 4.74 Å². The summed E-state index contributed by atoms with van der Waals surface area (Å²) in [7, 11) is -1.57. The topological polar surface area (TPSA) is 53.1 Å². The van der Waals surface area contributed by atoms with Gasteiger partial charge in [-0.25, -0.2) is 0 Å². The standard InChI is InChI=1S/C18H35N3O3S/c1-15-12-20(13-16(2)24-15)14-18-10-7-11-21(18)25(22,23)19(3)17-8-5-4-6-9-17/h15-18H,4-14H2,1-3H3. The van der Waals surface area contributed by atoms with Crippen molar-refractivity contribution in [3.63, 3.8) is 0 Å². The molecule has 3 rings (SSSR count). The van der Waals surface area contributed by atoms with E-state index in [1.807, 2.05) is 0 Å². The van der Waals surface area contributed by atoms with Crippen molar-refractivity contribution in [2.75, 3.05) is 33.2 Å². The van der Waals surface area contributed by atoms with Gasteiger partial charge in [0, 0.05) is 45.3 Å². The zero-order valence-corrected chi connectivity index (χ0v) is 16.9. The number of morpholine rings is 1. The number of hydrogen-bond donors (Lipinski definition) is 0. The van der Waals surface area contributed by atoms with Crippen molar-refractivity contribution in [1.82, 2.24) is 13.5 Å². The molecule has 1 saturated carbocycles. The van der Waals surface area contributed by atoms with E-state index < -0.39 is 10.2 Å². The molecule has 2 saturated heterocycles. The highest BCUT2D eigenvalue weighted by atomic mass is 32.2. The van der Waals surface area contributed by atoms with E-state index in [0.29, 0.717) is 6.54 Å². The molecule has 3 unspecified atom stereocenters. The molecule has 0 aromatic carbocycles. The van der Waals surface area contributed by atoms with Crippen LogP contribution < -0.4 is 0 Å². The van der Waals surface area contributed by atoms with Gasteiger partial charge in [0.25, 0.3) is 10.2 Å². The maximum absolute atomic E-state index is 13.2. The molecule has 2 aliphatic heterocycles. The summed E-state index contributed by atoms with van der Waals surface area (Å²) in [6.45, 7) is 7.49. The summed E-state index contributed by atoms with van der Waals surface area (Å²) in [6, 6.07) is 0.289. The summed E-state index contributed by atoms with van der Waals surface area (Å²) in [6.07, 6.45) is 7.94. The van der Waals surface area contributed by atoms with Crippen LogP contribution in [0.1, 0.15) is 58.8 Å². The van der Waals surface area contributed by atoms with Gasteiger partial charge in [0.05, 0.1) is 12.2 Å². The zero-order valence-electron chi connectivity index (χ0n) is 16.1. The van der Waals surface area contributed by atoms with Gasteiger partial charge in [-0.05, 0) is 39.5 Å². The maximum Gasteiger partial charge on any atom is 0.282 e. The molecule has 25 heavy (non-hydrogen) atoms. The van der Waals surface area contributed by atoms with Gasteiger partial charge >= 0.3 is 0 Å². The van der Waals surface area contributed by atoms with Crippen LogP contribution in [0.5, 0.6) is 0 Å². The van der Waals surface area contributed by atoms with Gasteiger partial charge in [0.2, 0.25) is 0 Å². The summed E-state index contributed by atoms with van der Waals surface area (Å²) in [5, 5.41) is 0. The molecule has 1 aliphatic carbocycles. The molecule has 146 valence electrons. The molecule has 0 amide bonds. The van der Waals surface area contributed by atoms with Crippen molar-refractivity contribution in [3.05, 3.63) is 0 Å². The normalized spacial score (nSPS) is 34.0. The molecule has 3 atom stereocenters. The molecule has 3 aliphatic rings. The Kier molecular flexibility index (Phi) is 6.42. The van der Waals surface area contributed by atoms with E-state index in [1.165, 1.54) is 6.42 Å². The second-order valence-corrected chi connectivity index (χ2v) is 10.1. The molecule has 0 aromatic rings. The molecule has 0 spiro atoms. The van der Waals surface area contributed by atoms with Gasteiger partial charge in [-0.15, -0.1) is 0 Å². The van der Waals surface area contributed by atoms with E-state index in [2.05, 4.69) is 18.7 Å². The molecule has 0 bridgehead atoms. The lowest BCUT2D eigenvalue weighted by Crippen LogP contribution is -2.53. The first-order chi connectivity index (χ1) is 11.9. The van der Waals surface area contributed by atoms with Crippen LogP contribution >= 0.6 is 0 Å². The first-order valence-corrected chi connectivity index (χ1v) is 11.4. The first-order valence-electron chi connectivity index (χ1n) is 10.0. The lowest BCUT2D eigenvalue weighted by Gasteiger charge is -2.39. The lowest BCUT2D eigenvalue weighted by molar-refractivity contribution is -0.0708. The summed E-state index contributed by atoms with van der Waals surface area (Å²) in [5.41, 5.74) is 0. The second-order valence-electron chi connectivity index (χ2n) is 8.20. The van der Waals surface area contributed by atoms with E-state index in [0.717, 1.165) is 58.2 Å². The lowest BCUT2D eigenvalue weighted by atomic mass is 9.96. The average Bonchev–Trinajstić information content (AvgIpc) is 3.03. The third-order valence-electron chi connectivity index (χ3n) is 6.04. The Morgan fingerprint density at radius 3 is 2.28 bits per heavy atom. The van der Waals surface area contributed by atoms with E-state index in [-0.39, 0.29) is 24.3 Å². The molecule has 2 heterocycles. The fourth-order valence-corrected chi connectivity index (χ4v) is 6.65. The van der Waals surface area contributed by atoms with Crippen LogP contribution in [-0.4, -0.2) is 79.4 Å². The van der Waals surface area contributed by atoms with Crippen LogP contribution in [-0.2, 0) is 14.9 Å². The quantitative estimate of drug-likeness (QED) is 0.740. The van der Waals surface area contributed by atoms with E-state index in [9.17, 15) is 8.42 Å². The Hall–Kier alpha value is -0.210. The number of hydrogen-bond acceptors (Lipinski definition) is 4. The van der Waals surface area contributed by atoms with E-state index >= 15 is 0 Å². The molecule has 0 N–H and O–H groups in total. The molecular formula is C18H35N3O3S. The predicted octanol–water partition coefficient (Wildman–Crippen LogP) is 2.07. The van der Waals surface area contributed by atoms with Crippen molar-refractivity contribution in [2.45, 2.75) is 83.1 Å². The maximum atomic E-state index is 13.2. The Morgan fingerprint density at radius 1 is 1.00 bits per heavy atom. The minimum atomic E-state index is -3.36. The smallest absolute Gasteiger partial charge is 0.282 e. The van der Waals surface area contributed by atoms with Gasteiger partial charge in [-0.2, -0.15) is 17.0 Å². The van der Waals surface area contributed by atoms with Crippen LogP contribution in [0, 0.1) is 0 Å². The number of nitrogens with zero attached hydrogens (tertiary/aromatic N) is 3. The summed E-state index contributed by atoms with van der Waals surface area (Å²) in [5.74, 6) is 0. The fourth-order valence-electron chi connectivity index (χ4n) is 4.83. The van der Waals surface area contributed by atoms with Crippen molar-refractivity contribution >= 4 is 10.2 Å². The molecule has 3 fully saturated rings. The van der Waals surface area contributed by atoms with Crippen LogP contribution in [0.25, 0.3) is 0 Å². The Balaban J connectivity index is 1.65. The van der Waals surface area contributed by atoms with Crippen molar-refractivity contribution in [2.24, 2.45) is 0 Å². The first kappa shape index (κ1) is 19.5. The van der Waals surface area contributed by atoms with Crippen molar-refractivity contribution in [3.8, 4) is 0 Å². The van der Waals surface area contributed by atoms with Crippen molar-refractivity contribution in [1.29, 1.82) is 0 Å². The SMILES string of the molecule is CC1CN(CC2CCCN2S(=O)(=O)N(C)C2CCCCC2)CC(C)O1. The third kappa shape index (κ3) is 4.56. The minimum absolute atomic E-state index is 0.105. The average molecular weight is 374 g/mol. The Labute approximate surface area is 153 Å². The van der Waals surface area contributed by atoms with Gasteiger partial charge in [-0.3, -0.25) is 4.90 Å². The highest BCUT2D eigenvalue weighted by Crippen LogP contribution is 2.29. The molecular weight excluding hydrogens is 338 g/mol. The Morgan fingerprint density at radius 2 is 1.64 bits per heavy atom. The van der Waals surface area contributed by atoms with Crippen LogP contribution in [0.4, 0.5) is 0 Å². The van der Waals surface area contributed by atoms with Gasteiger partial charge in [0.1, 0.15) is 0 Å². The summed E-state index contributed by atoms with van der Waals surface area (Å²) in [4.78, 5) is 2.39.